The van der Waals surface area contributed by atoms with Gasteiger partial charge in [0.05, 0.1) is 19.1 Å². The van der Waals surface area contributed by atoms with E-state index in [9.17, 15) is 32.2 Å². The molecule has 0 aromatic carbocycles. The van der Waals surface area contributed by atoms with E-state index in [0.717, 1.165) is 6.26 Å². The lowest BCUT2D eigenvalue weighted by molar-refractivity contribution is -0.280. The van der Waals surface area contributed by atoms with E-state index in [4.69, 9.17) is 4.74 Å². The molecule has 1 heterocycles. The second kappa shape index (κ2) is 6.19. The first-order valence-corrected chi connectivity index (χ1v) is 8.96. The molecule has 10 nitrogen and oxygen atoms in total. The van der Waals surface area contributed by atoms with Gasteiger partial charge in [0.25, 0.3) is 20.2 Å². The van der Waals surface area contributed by atoms with Gasteiger partial charge in [-0.2, -0.15) is 16.8 Å². The Bertz CT molecular complexity index is 525. The lowest BCUT2D eigenvalue weighted by Crippen LogP contribution is -2.60. The molecule has 0 spiro atoms. The normalized spacial score (nSPS) is 36.0. The average Bonchev–Trinajstić information content (AvgIpc) is 2.25. The molecule has 0 amide bonds. The summed E-state index contributed by atoms with van der Waals surface area (Å²) in [6.45, 7) is -0.695. The second-order valence-electron chi connectivity index (χ2n) is 4.30. The third-order valence-corrected chi connectivity index (χ3v) is 3.53. The summed E-state index contributed by atoms with van der Waals surface area (Å²) >= 11 is 0. The number of aliphatic hydroxyl groups excluding tert-OH is 3. The highest BCUT2D eigenvalue weighted by molar-refractivity contribution is 7.86. The largest absolute Gasteiger partial charge is 0.387 e. The standard InChI is InChI=1S/C8H16O10S2/c1-19(12,13)16-3-4-7(18-20(2,14)15)5(9)6(10)8(11)17-4/h4-11H,3H2,1-2H3/t4-,5-,6-,7-,8-/m1/s1. The van der Waals surface area contributed by atoms with Gasteiger partial charge in [0.1, 0.15) is 24.4 Å². The molecule has 12 heteroatoms. The molecule has 1 rings (SSSR count). The van der Waals surface area contributed by atoms with Crippen LogP contribution in [0.15, 0.2) is 0 Å². The van der Waals surface area contributed by atoms with Gasteiger partial charge in [-0.3, -0.25) is 8.37 Å². The Hall–Kier alpha value is -0.340. The zero-order chi connectivity index (χ0) is 15.7. The van der Waals surface area contributed by atoms with Crippen molar-refractivity contribution in [1.29, 1.82) is 0 Å². The summed E-state index contributed by atoms with van der Waals surface area (Å²) in [5.41, 5.74) is 0. The average molecular weight is 336 g/mol. The molecule has 1 aliphatic heterocycles. The van der Waals surface area contributed by atoms with Crippen molar-refractivity contribution in [3.63, 3.8) is 0 Å². The van der Waals surface area contributed by atoms with Crippen molar-refractivity contribution in [2.75, 3.05) is 19.1 Å². The molecule has 5 atom stereocenters. The molecule has 0 saturated carbocycles. The van der Waals surface area contributed by atoms with Crippen LogP contribution in [0.25, 0.3) is 0 Å². The fourth-order valence-electron chi connectivity index (χ4n) is 1.57. The maximum absolute atomic E-state index is 11.1. The Balaban J connectivity index is 2.90. The van der Waals surface area contributed by atoms with E-state index in [1.807, 2.05) is 0 Å². The molecule has 1 saturated heterocycles. The van der Waals surface area contributed by atoms with Crippen LogP contribution in [0.2, 0.25) is 0 Å². The van der Waals surface area contributed by atoms with Crippen LogP contribution in [0.3, 0.4) is 0 Å². The third-order valence-electron chi connectivity index (χ3n) is 2.39. The highest BCUT2D eigenvalue weighted by atomic mass is 32.2. The molecule has 0 aromatic rings. The number of aliphatic hydroxyl groups is 3. The molecular weight excluding hydrogens is 320 g/mol. The van der Waals surface area contributed by atoms with E-state index in [2.05, 4.69) is 8.37 Å². The fraction of sp³-hybridized carbons (Fsp3) is 1.00. The van der Waals surface area contributed by atoms with Gasteiger partial charge < -0.3 is 20.1 Å². The predicted molar refractivity (Wildman–Crippen MR) is 63.4 cm³/mol. The number of hydrogen-bond acceptors (Lipinski definition) is 10. The summed E-state index contributed by atoms with van der Waals surface area (Å²) in [7, 11) is -7.87. The quantitative estimate of drug-likeness (QED) is 0.435. The van der Waals surface area contributed by atoms with Crippen LogP contribution >= 0.6 is 0 Å². The molecular formula is C8H16O10S2. The van der Waals surface area contributed by atoms with Gasteiger partial charge >= 0.3 is 0 Å². The topological polar surface area (TPSA) is 157 Å². The minimum absolute atomic E-state index is 0.695. The molecule has 20 heavy (non-hydrogen) atoms. The molecule has 3 N–H and O–H groups in total. The van der Waals surface area contributed by atoms with Gasteiger partial charge in [0.2, 0.25) is 0 Å². The molecule has 0 bridgehead atoms. The van der Waals surface area contributed by atoms with Crippen LogP contribution < -0.4 is 0 Å². The minimum Gasteiger partial charge on any atom is -0.387 e. The highest BCUT2D eigenvalue weighted by Crippen LogP contribution is 2.24. The van der Waals surface area contributed by atoms with Crippen molar-refractivity contribution < 1.29 is 45.3 Å². The Labute approximate surface area is 116 Å². The summed E-state index contributed by atoms with van der Waals surface area (Å²) in [6, 6.07) is 0. The van der Waals surface area contributed by atoms with E-state index in [0.29, 0.717) is 6.26 Å². The first-order chi connectivity index (χ1) is 8.91. The van der Waals surface area contributed by atoms with Crippen molar-refractivity contribution >= 4 is 20.2 Å². The summed E-state index contributed by atoms with van der Waals surface area (Å²) in [5, 5.41) is 28.4. The van der Waals surface area contributed by atoms with E-state index in [1.54, 1.807) is 0 Å². The van der Waals surface area contributed by atoms with Gasteiger partial charge in [0, 0.05) is 0 Å². The maximum atomic E-state index is 11.1. The molecule has 0 aliphatic carbocycles. The molecule has 0 unspecified atom stereocenters. The van der Waals surface area contributed by atoms with E-state index >= 15 is 0 Å². The first kappa shape index (κ1) is 17.7. The van der Waals surface area contributed by atoms with Crippen LogP contribution in [-0.4, -0.2) is 82.0 Å². The third kappa shape index (κ3) is 5.21. The Morgan fingerprint density at radius 1 is 1.00 bits per heavy atom. The summed E-state index contributed by atoms with van der Waals surface area (Å²) < 4.78 is 57.7. The first-order valence-electron chi connectivity index (χ1n) is 5.33. The zero-order valence-corrected chi connectivity index (χ0v) is 12.2. The minimum atomic E-state index is -4.02. The van der Waals surface area contributed by atoms with Gasteiger partial charge in [-0.05, 0) is 0 Å². The number of hydrogen-bond donors (Lipinski definition) is 3. The van der Waals surface area contributed by atoms with Crippen molar-refractivity contribution in [3.8, 4) is 0 Å². The van der Waals surface area contributed by atoms with Crippen molar-refractivity contribution in [1.82, 2.24) is 0 Å². The molecule has 1 aliphatic rings. The van der Waals surface area contributed by atoms with Gasteiger partial charge in [0.15, 0.2) is 6.29 Å². The fourth-order valence-corrected chi connectivity index (χ4v) is 2.59. The Kier molecular flexibility index (Phi) is 5.48. The van der Waals surface area contributed by atoms with E-state index in [-0.39, 0.29) is 0 Å². The van der Waals surface area contributed by atoms with Crippen molar-refractivity contribution in [3.05, 3.63) is 0 Å². The van der Waals surface area contributed by atoms with E-state index < -0.39 is 57.5 Å². The Morgan fingerprint density at radius 3 is 2.00 bits per heavy atom. The van der Waals surface area contributed by atoms with Crippen LogP contribution in [0.4, 0.5) is 0 Å². The smallest absolute Gasteiger partial charge is 0.264 e. The predicted octanol–water partition coefficient (Wildman–Crippen LogP) is -3.25. The van der Waals surface area contributed by atoms with Crippen LogP contribution in [0, 0.1) is 0 Å². The summed E-state index contributed by atoms with van der Waals surface area (Å²) in [5.74, 6) is 0. The maximum Gasteiger partial charge on any atom is 0.264 e. The van der Waals surface area contributed by atoms with Gasteiger partial charge in [-0.25, -0.2) is 0 Å². The van der Waals surface area contributed by atoms with Gasteiger partial charge in [-0.15, -0.1) is 0 Å². The lowest BCUT2D eigenvalue weighted by Gasteiger charge is -2.39. The van der Waals surface area contributed by atoms with Crippen molar-refractivity contribution in [2.24, 2.45) is 0 Å². The zero-order valence-electron chi connectivity index (χ0n) is 10.6. The monoisotopic (exact) mass is 336 g/mol. The van der Waals surface area contributed by atoms with Crippen LogP contribution in [0.1, 0.15) is 0 Å². The van der Waals surface area contributed by atoms with Gasteiger partial charge in [-0.1, -0.05) is 0 Å². The highest BCUT2D eigenvalue weighted by Gasteiger charge is 2.46. The van der Waals surface area contributed by atoms with Crippen LogP contribution in [0.5, 0.6) is 0 Å². The second-order valence-corrected chi connectivity index (χ2v) is 7.54. The molecule has 1 fully saturated rings. The van der Waals surface area contributed by atoms with E-state index in [1.165, 1.54) is 0 Å². The van der Waals surface area contributed by atoms with Crippen LogP contribution in [-0.2, 0) is 33.3 Å². The summed E-state index contributed by atoms with van der Waals surface area (Å²) in [4.78, 5) is 0. The molecule has 120 valence electrons. The lowest BCUT2D eigenvalue weighted by atomic mass is 9.99. The molecule has 0 radical (unpaired) electrons. The number of ether oxygens (including phenoxy) is 1. The summed E-state index contributed by atoms with van der Waals surface area (Å²) in [6.07, 6.45) is -7.02. The van der Waals surface area contributed by atoms with Crippen molar-refractivity contribution in [2.45, 2.75) is 30.7 Å². The molecule has 0 aromatic heterocycles. The SMILES string of the molecule is CS(=O)(=O)OC[C@H]1O[C@@H](O)[C@H](O)[C@@H](O)[C@@H]1OS(C)(=O)=O. The number of rotatable bonds is 5. The Morgan fingerprint density at radius 2 is 1.55 bits per heavy atom.